The van der Waals surface area contributed by atoms with E-state index in [1.165, 1.54) is 6.42 Å². The normalized spacial score (nSPS) is 13.4. The van der Waals surface area contributed by atoms with Gasteiger partial charge in [-0.15, -0.1) is 0 Å². The Hall–Kier alpha value is -4.29. The number of benzene rings is 3. The first kappa shape index (κ1) is 22.9. The van der Waals surface area contributed by atoms with Crippen molar-refractivity contribution in [1.29, 1.82) is 10.5 Å². The molecule has 0 spiro atoms. The van der Waals surface area contributed by atoms with Gasteiger partial charge in [0.1, 0.15) is 23.9 Å². The summed E-state index contributed by atoms with van der Waals surface area (Å²) in [4.78, 5) is 13.0. The van der Waals surface area contributed by atoms with Gasteiger partial charge in [-0.05, 0) is 66.9 Å². The van der Waals surface area contributed by atoms with Crippen molar-refractivity contribution in [3.05, 3.63) is 89.0 Å². The van der Waals surface area contributed by atoms with Crippen molar-refractivity contribution in [3.8, 4) is 29.4 Å². The Bertz CT molecular complexity index is 1230. The van der Waals surface area contributed by atoms with Crippen LogP contribution in [-0.4, -0.2) is 11.9 Å². The highest BCUT2D eigenvalue weighted by atomic mass is 16.5. The van der Waals surface area contributed by atoms with Gasteiger partial charge in [0.15, 0.2) is 0 Å². The number of ether oxygens (including phenoxy) is 2. The Balaban J connectivity index is 1.55. The number of carbonyl (C=O) groups is 1. The molecule has 1 aliphatic carbocycles. The van der Waals surface area contributed by atoms with Crippen LogP contribution in [0.3, 0.4) is 0 Å². The maximum Gasteiger partial charge on any atom is 0.251 e. The van der Waals surface area contributed by atoms with Gasteiger partial charge >= 0.3 is 0 Å². The largest absolute Gasteiger partial charge is 0.489 e. The van der Waals surface area contributed by atoms with E-state index in [0.717, 1.165) is 31.2 Å². The van der Waals surface area contributed by atoms with E-state index in [0.29, 0.717) is 33.9 Å². The van der Waals surface area contributed by atoms with Crippen molar-refractivity contribution in [2.24, 2.45) is 0 Å². The maximum atomic E-state index is 13.0. The summed E-state index contributed by atoms with van der Waals surface area (Å²) in [5.41, 5.74) is 2.41. The van der Waals surface area contributed by atoms with Gasteiger partial charge in [0.05, 0.1) is 23.3 Å². The Kier molecular flexibility index (Phi) is 7.42. The van der Waals surface area contributed by atoms with Crippen molar-refractivity contribution in [3.63, 3.8) is 0 Å². The molecular weight excluding hydrogens is 426 g/mol. The van der Waals surface area contributed by atoms with Crippen LogP contribution in [0, 0.1) is 22.7 Å². The molecule has 3 aromatic carbocycles. The van der Waals surface area contributed by atoms with Crippen molar-refractivity contribution in [2.75, 3.05) is 0 Å². The lowest BCUT2D eigenvalue weighted by molar-refractivity contribution is 0.0927. The number of nitrogens with one attached hydrogen (secondary N) is 1. The molecule has 170 valence electrons. The van der Waals surface area contributed by atoms with Crippen LogP contribution in [0.4, 0.5) is 0 Å². The fourth-order valence-corrected chi connectivity index (χ4v) is 3.99. The molecule has 0 saturated heterocycles. The number of nitriles is 2. The van der Waals surface area contributed by atoms with Crippen LogP contribution in [0.25, 0.3) is 0 Å². The standard InChI is InChI=1S/C28H25N3O3/c29-17-20-9-11-25(12-10-20)34-27-15-23(28(32)31-24-7-2-1-3-8-24)14-26(16-27)33-19-22-6-4-5-21(13-22)18-30/h4-6,9-16,24H,1-3,7-8,19H2,(H,31,32). The topological polar surface area (TPSA) is 95.1 Å². The number of hydrogen-bond acceptors (Lipinski definition) is 5. The van der Waals surface area contributed by atoms with Crippen molar-refractivity contribution in [1.82, 2.24) is 5.32 Å². The summed E-state index contributed by atoms with van der Waals surface area (Å²) in [5.74, 6) is 1.34. The van der Waals surface area contributed by atoms with E-state index in [4.69, 9.17) is 20.0 Å². The molecule has 0 radical (unpaired) electrons. The zero-order valence-corrected chi connectivity index (χ0v) is 18.8. The molecule has 34 heavy (non-hydrogen) atoms. The van der Waals surface area contributed by atoms with Crippen molar-refractivity contribution >= 4 is 5.91 Å². The molecule has 1 fully saturated rings. The third kappa shape index (κ3) is 6.15. The van der Waals surface area contributed by atoms with Gasteiger partial charge in [0.25, 0.3) is 5.91 Å². The second-order valence-electron chi connectivity index (χ2n) is 8.34. The molecule has 0 bridgehead atoms. The lowest BCUT2D eigenvalue weighted by Crippen LogP contribution is -2.36. The third-order valence-corrected chi connectivity index (χ3v) is 5.76. The molecule has 3 aromatic rings. The van der Waals surface area contributed by atoms with E-state index >= 15 is 0 Å². The van der Waals surface area contributed by atoms with Crippen LogP contribution >= 0.6 is 0 Å². The molecule has 6 nitrogen and oxygen atoms in total. The van der Waals surface area contributed by atoms with E-state index in [2.05, 4.69) is 17.5 Å². The quantitative estimate of drug-likeness (QED) is 0.485. The van der Waals surface area contributed by atoms with Gasteiger partial charge in [-0.1, -0.05) is 31.4 Å². The summed E-state index contributed by atoms with van der Waals surface area (Å²) in [6.45, 7) is 0.250. The molecule has 0 aliphatic heterocycles. The van der Waals surface area contributed by atoms with Gasteiger partial charge in [0.2, 0.25) is 0 Å². The summed E-state index contributed by atoms with van der Waals surface area (Å²) < 4.78 is 12.0. The number of hydrogen-bond donors (Lipinski definition) is 1. The zero-order valence-electron chi connectivity index (χ0n) is 18.8. The molecule has 1 saturated carbocycles. The summed E-state index contributed by atoms with van der Waals surface area (Å²) >= 11 is 0. The van der Waals surface area contributed by atoms with Gasteiger partial charge in [-0.2, -0.15) is 10.5 Å². The Morgan fingerprint density at radius 2 is 1.59 bits per heavy atom. The average molecular weight is 452 g/mol. The number of rotatable bonds is 7. The Labute approximate surface area is 199 Å². The molecule has 1 aliphatic rings. The first-order valence-corrected chi connectivity index (χ1v) is 11.4. The monoisotopic (exact) mass is 451 g/mol. The summed E-state index contributed by atoms with van der Waals surface area (Å²) in [6, 6.07) is 23.5. The number of amides is 1. The number of carbonyl (C=O) groups excluding carboxylic acids is 1. The first-order valence-electron chi connectivity index (χ1n) is 11.4. The van der Waals surface area contributed by atoms with E-state index in [1.807, 2.05) is 12.1 Å². The first-order chi connectivity index (χ1) is 16.6. The van der Waals surface area contributed by atoms with E-state index < -0.39 is 0 Å². The van der Waals surface area contributed by atoms with Crippen LogP contribution in [-0.2, 0) is 6.61 Å². The SMILES string of the molecule is N#Cc1ccc(Oc2cc(OCc3cccc(C#N)c3)cc(C(=O)NC3CCCCC3)c2)cc1. The maximum absolute atomic E-state index is 13.0. The van der Waals surface area contributed by atoms with Gasteiger partial charge < -0.3 is 14.8 Å². The molecule has 0 aromatic heterocycles. The van der Waals surface area contributed by atoms with Gasteiger partial charge in [0, 0.05) is 17.7 Å². The fraction of sp³-hybridized carbons (Fsp3) is 0.250. The smallest absolute Gasteiger partial charge is 0.251 e. The van der Waals surface area contributed by atoms with E-state index in [-0.39, 0.29) is 18.6 Å². The molecule has 0 heterocycles. The highest BCUT2D eigenvalue weighted by Gasteiger charge is 2.18. The summed E-state index contributed by atoms with van der Waals surface area (Å²) in [7, 11) is 0. The zero-order chi connectivity index (χ0) is 23.8. The molecule has 6 heteroatoms. The van der Waals surface area contributed by atoms with Crippen LogP contribution in [0.15, 0.2) is 66.7 Å². The van der Waals surface area contributed by atoms with Crippen LogP contribution in [0.1, 0.15) is 59.2 Å². The minimum Gasteiger partial charge on any atom is -0.489 e. The lowest BCUT2D eigenvalue weighted by Gasteiger charge is -2.23. The van der Waals surface area contributed by atoms with Crippen molar-refractivity contribution in [2.45, 2.75) is 44.8 Å². The third-order valence-electron chi connectivity index (χ3n) is 5.76. The second-order valence-corrected chi connectivity index (χ2v) is 8.34. The predicted octanol–water partition coefficient (Wildman–Crippen LogP) is 5.86. The summed E-state index contributed by atoms with van der Waals surface area (Å²) in [6.07, 6.45) is 5.45. The minimum absolute atomic E-state index is 0.159. The molecule has 4 rings (SSSR count). The highest BCUT2D eigenvalue weighted by molar-refractivity contribution is 5.95. The Morgan fingerprint density at radius 3 is 2.32 bits per heavy atom. The van der Waals surface area contributed by atoms with E-state index in [9.17, 15) is 4.79 Å². The molecule has 1 amide bonds. The van der Waals surface area contributed by atoms with E-state index in [1.54, 1.807) is 54.6 Å². The highest BCUT2D eigenvalue weighted by Crippen LogP contribution is 2.29. The van der Waals surface area contributed by atoms with Crippen LogP contribution in [0.2, 0.25) is 0 Å². The summed E-state index contributed by atoms with van der Waals surface area (Å²) in [5, 5.41) is 21.3. The average Bonchev–Trinajstić information content (AvgIpc) is 2.88. The number of nitrogens with zero attached hydrogens (tertiary/aromatic N) is 2. The Morgan fingerprint density at radius 1 is 0.853 bits per heavy atom. The molecule has 0 atom stereocenters. The van der Waals surface area contributed by atoms with Crippen molar-refractivity contribution < 1.29 is 14.3 Å². The van der Waals surface area contributed by atoms with Crippen LogP contribution in [0.5, 0.6) is 17.2 Å². The van der Waals surface area contributed by atoms with Crippen LogP contribution < -0.4 is 14.8 Å². The lowest BCUT2D eigenvalue weighted by atomic mass is 9.95. The minimum atomic E-state index is -0.159. The second kappa shape index (κ2) is 11.0. The predicted molar refractivity (Wildman–Crippen MR) is 128 cm³/mol. The van der Waals surface area contributed by atoms with Gasteiger partial charge in [-0.3, -0.25) is 4.79 Å². The molecular formula is C28H25N3O3. The fourth-order valence-electron chi connectivity index (χ4n) is 3.99. The molecule has 1 N–H and O–H groups in total. The van der Waals surface area contributed by atoms with Gasteiger partial charge in [-0.25, -0.2) is 0 Å². The molecule has 0 unspecified atom stereocenters.